The SMILES string of the molecule is Cc1cc(N2CCC3CCN(c4ncc(Br)cc4F)C3C2)ncn1. The molecule has 2 aliphatic rings. The van der Waals surface area contributed by atoms with Gasteiger partial charge in [-0.15, -0.1) is 0 Å². The molecule has 0 radical (unpaired) electrons. The first kappa shape index (κ1) is 15.7. The quantitative estimate of drug-likeness (QED) is 0.786. The zero-order valence-corrected chi connectivity index (χ0v) is 15.1. The lowest BCUT2D eigenvalue weighted by Gasteiger charge is -2.39. The molecule has 4 heterocycles. The van der Waals surface area contributed by atoms with Gasteiger partial charge in [0.25, 0.3) is 0 Å². The van der Waals surface area contributed by atoms with Crippen LogP contribution in [0.2, 0.25) is 0 Å². The molecule has 0 saturated carbocycles. The molecule has 0 aliphatic carbocycles. The summed E-state index contributed by atoms with van der Waals surface area (Å²) in [5.41, 5.74) is 0.964. The van der Waals surface area contributed by atoms with Crippen molar-refractivity contribution in [1.82, 2.24) is 15.0 Å². The van der Waals surface area contributed by atoms with Crippen molar-refractivity contribution in [3.8, 4) is 0 Å². The predicted molar refractivity (Wildman–Crippen MR) is 94.7 cm³/mol. The maximum absolute atomic E-state index is 14.4. The van der Waals surface area contributed by atoms with Gasteiger partial charge in [0, 0.05) is 42.1 Å². The normalized spacial score (nSPS) is 23.5. The molecule has 2 aliphatic heterocycles. The first-order valence-electron chi connectivity index (χ1n) is 8.23. The molecule has 2 unspecified atom stereocenters. The van der Waals surface area contributed by atoms with Gasteiger partial charge in [-0.2, -0.15) is 0 Å². The Morgan fingerprint density at radius 3 is 2.79 bits per heavy atom. The van der Waals surface area contributed by atoms with Crippen LogP contribution in [0, 0.1) is 18.7 Å². The van der Waals surface area contributed by atoms with E-state index in [1.165, 1.54) is 6.07 Å². The van der Waals surface area contributed by atoms with Crippen molar-refractivity contribution in [2.45, 2.75) is 25.8 Å². The Morgan fingerprint density at radius 2 is 2.00 bits per heavy atom. The van der Waals surface area contributed by atoms with Gasteiger partial charge in [-0.25, -0.2) is 19.3 Å². The number of anilines is 2. The minimum absolute atomic E-state index is 0.264. The summed E-state index contributed by atoms with van der Waals surface area (Å²) in [6.45, 7) is 4.67. The van der Waals surface area contributed by atoms with Crippen LogP contribution in [0.5, 0.6) is 0 Å². The van der Waals surface area contributed by atoms with Crippen molar-refractivity contribution in [2.75, 3.05) is 29.4 Å². The highest BCUT2D eigenvalue weighted by Gasteiger charge is 2.40. The van der Waals surface area contributed by atoms with Gasteiger partial charge in [0.05, 0.1) is 6.04 Å². The van der Waals surface area contributed by atoms with E-state index in [2.05, 4.69) is 40.7 Å². The molecule has 2 atom stereocenters. The largest absolute Gasteiger partial charge is 0.354 e. The Morgan fingerprint density at radius 1 is 1.17 bits per heavy atom. The smallest absolute Gasteiger partial charge is 0.166 e. The topological polar surface area (TPSA) is 45.2 Å². The number of fused-ring (bicyclic) bond motifs is 1. The van der Waals surface area contributed by atoms with E-state index in [1.54, 1.807) is 12.5 Å². The Hall–Kier alpha value is -1.76. The molecule has 2 saturated heterocycles. The molecule has 0 bridgehead atoms. The summed E-state index contributed by atoms with van der Waals surface area (Å²) in [5, 5.41) is 0. The summed E-state index contributed by atoms with van der Waals surface area (Å²) >= 11 is 3.28. The Bertz CT molecular complexity index is 756. The van der Waals surface area contributed by atoms with Crippen LogP contribution in [0.4, 0.5) is 16.0 Å². The summed E-state index contributed by atoms with van der Waals surface area (Å²) in [4.78, 5) is 17.3. The summed E-state index contributed by atoms with van der Waals surface area (Å²) < 4.78 is 15.0. The average Bonchev–Trinajstić information content (AvgIpc) is 2.98. The summed E-state index contributed by atoms with van der Waals surface area (Å²) in [7, 11) is 0. The van der Waals surface area contributed by atoms with Crippen molar-refractivity contribution in [1.29, 1.82) is 0 Å². The van der Waals surface area contributed by atoms with E-state index in [0.29, 0.717) is 16.2 Å². The van der Waals surface area contributed by atoms with Crippen LogP contribution in [-0.2, 0) is 0 Å². The Balaban J connectivity index is 1.59. The molecule has 2 aromatic rings. The van der Waals surface area contributed by atoms with Crippen LogP contribution in [0.3, 0.4) is 0 Å². The van der Waals surface area contributed by atoms with Crippen LogP contribution in [0.1, 0.15) is 18.5 Å². The van der Waals surface area contributed by atoms with Gasteiger partial charge in [-0.05, 0) is 47.7 Å². The third-order valence-electron chi connectivity index (χ3n) is 5.04. The van der Waals surface area contributed by atoms with Crippen LogP contribution in [0.25, 0.3) is 0 Å². The molecule has 0 aromatic carbocycles. The van der Waals surface area contributed by atoms with Crippen LogP contribution >= 0.6 is 15.9 Å². The molecule has 0 spiro atoms. The van der Waals surface area contributed by atoms with Crippen molar-refractivity contribution in [2.24, 2.45) is 5.92 Å². The lowest BCUT2D eigenvalue weighted by atomic mass is 9.92. The summed E-state index contributed by atoms with van der Waals surface area (Å²) in [6, 6.07) is 3.78. The summed E-state index contributed by atoms with van der Waals surface area (Å²) in [5.74, 6) is 1.75. The van der Waals surface area contributed by atoms with Crippen LogP contribution < -0.4 is 9.80 Å². The molecule has 0 amide bonds. The van der Waals surface area contributed by atoms with Crippen LogP contribution in [-0.4, -0.2) is 40.6 Å². The predicted octanol–water partition coefficient (Wildman–Crippen LogP) is 3.19. The van der Waals surface area contributed by atoms with E-state index >= 15 is 0 Å². The highest BCUT2D eigenvalue weighted by molar-refractivity contribution is 9.10. The second-order valence-electron chi connectivity index (χ2n) is 6.52. The first-order valence-corrected chi connectivity index (χ1v) is 9.02. The highest BCUT2D eigenvalue weighted by Crippen LogP contribution is 2.36. The highest BCUT2D eigenvalue weighted by atomic mass is 79.9. The zero-order chi connectivity index (χ0) is 16.7. The number of halogens is 2. The Labute approximate surface area is 149 Å². The molecule has 2 fully saturated rings. The molecular weight excluding hydrogens is 373 g/mol. The van der Waals surface area contributed by atoms with E-state index in [-0.39, 0.29) is 11.9 Å². The van der Waals surface area contributed by atoms with E-state index in [4.69, 9.17) is 0 Å². The van der Waals surface area contributed by atoms with Crippen molar-refractivity contribution in [3.63, 3.8) is 0 Å². The van der Waals surface area contributed by atoms with E-state index in [0.717, 1.165) is 44.0 Å². The van der Waals surface area contributed by atoms with Crippen molar-refractivity contribution < 1.29 is 4.39 Å². The van der Waals surface area contributed by atoms with Crippen molar-refractivity contribution >= 4 is 27.6 Å². The van der Waals surface area contributed by atoms with Gasteiger partial charge in [-0.1, -0.05) is 0 Å². The minimum atomic E-state index is -0.264. The van der Waals surface area contributed by atoms with Gasteiger partial charge in [0.1, 0.15) is 12.1 Å². The fraction of sp³-hybridized carbons (Fsp3) is 0.471. The minimum Gasteiger partial charge on any atom is -0.354 e. The number of pyridine rings is 1. The molecule has 24 heavy (non-hydrogen) atoms. The van der Waals surface area contributed by atoms with Gasteiger partial charge in [0.2, 0.25) is 0 Å². The molecule has 126 valence electrons. The van der Waals surface area contributed by atoms with Gasteiger partial charge in [0.15, 0.2) is 11.6 Å². The van der Waals surface area contributed by atoms with Gasteiger partial charge < -0.3 is 9.80 Å². The number of piperidine rings is 1. The molecule has 4 rings (SSSR count). The summed E-state index contributed by atoms with van der Waals surface area (Å²) in [6.07, 6.45) is 5.47. The lowest BCUT2D eigenvalue weighted by molar-refractivity contribution is 0.387. The number of rotatable bonds is 2. The third kappa shape index (κ3) is 2.85. The number of nitrogens with zero attached hydrogens (tertiary/aromatic N) is 5. The number of aromatic nitrogens is 3. The monoisotopic (exact) mass is 391 g/mol. The average molecular weight is 392 g/mol. The second kappa shape index (κ2) is 6.27. The second-order valence-corrected chi connectivity index (χ2v) is 7.44. The molecule has 2 aromatic heterocycles. The number of aryl methyl sites for hydroxylation is 1. The maximum Gasteiger partial charge on any atom is 0.166 e. The fourth-order valence-corrected chi connectivity index (χ4v) is 4.15. The fourth-order valence-electron chi connectivity index (χ4n) is 3.84. The zero-order valence-electron chi connectivity index (χ0n) is 13.5. The maximum atomic E-state index is 14.4. The van der Waals surface area contributed by atoms with Crippen LogP contribution in [0.15, 0.2) is 29.1 Å². The lowest BCUT2D eigenvalue weighted by Crippen LogP contribution is -2.49. The third-order valence-corrected chi connectivity index (χ3v) is 5.47. The molecule has 5 nitrogen and oxygen atoms in total. The van der Waals surface area contributed by atoms with Gasteiger partial charge >= 0.3 is 0 Å². The number of hydrogen-bond acceptors (Lipinski definition) is 5. The van der Waals surface area contributed by atoms with Crippen molar-refractivity contribution in [3.05, 3.63) is 40.6 Å². The first-order chi connectivity index (χ1) is 11.6. The standard InChI is InChI=1S/C17H19BrFN5/c1-11-6-16(22-10-21-11)23-4-2-12-3-5-24(15(12)9-23)17-14(19)7-13(18)8-20-17/h6-8,10,12,15H,2-5,9H2,1H3. The number of hydrogen-bond donors (Lipinski definition) is 0. The van der Waals surface area contributed by atoms with E-state index in [9.17, 15) is 4.39 Å². The molecule has 7 heteroatoms. The molecular formula is C17H19BrFN5. The van der Waals surface area contributed by atoms with Gasteiger partial charge in [-0.3, -0.25) is 0 Å². The van der Waals surface area contributed by atoms with E-state index in [1.807, 2.05) is 13.0 Å². The van der Waals surface area contributed by atoms with E-state index < -0.39 is 0 Å². The Kier molecular flexibility index (Phi) is 4.12. The molecule has 0 N–H and O–H groups in total.